The van der Waals surface area contributed by atoms with E-state index in [9.17, 15) is 9.59 Å². The molecule has 5 heteroatoms. The van der Waals surface area contributed by atoms with Gasteiger partial charge in [0.1, 0.15) is 0 Å². The van der Waals surface area contributed by atoms with Crippen LogP contribution < -0.4 is 5.32 Å². The second kappa shape index (κ2) is 7.05. The van der Waals surface area contributed by atoms with E-state index in [0.717, 1.165) is 25.9 Å². The maximum atomic E-state index is 12.0. The van der Waals surface area contributed by atoms with Gasteiger partial charge in [-0.25, -0.2) is 4.79 Å². The zero-order valence-electron chi connectivity index (χ0n) is 11.5. The lowest BCUT2D eigenvalue weighted by Crippen LogP contribution is -2.41. The summed E-state index contributed by atoms with van der Waals surface area (Å²) < 4.78 is 0. The van der Waals surface area contributed by atoms with Crippen LogP contribution in [0.15, 0.2) is 24.3 Å². The minimum Gasteiger partial charge on any atom is -0.478 e. The Morgan fingerprint density at radius 3 is 2.55 bits per heavy atom. The molecule has 1 aliphatic rings. The highest BCUT2D eigenvalue weighted by molar-refractivity contribution is 5.89. The second-order valence-electron chi connectivity index (χ2n) is 5.01. The summed E-state index contributed by atoms with van der Waals surface area (Å²) in [4.78, 5) is 24.9. The lowest BCUT2D eigenvalue weighted by atomic mass is 10.1. The lowest BCUT2D eigenvalue weighted by Gasteiger charge is -2.26. The number of carboxylic acids is 1. The third kappa shape index (κ3) is 3.81. The molecule has 0 aromatic heterocycles. The number of hydrogen-bond donors (Lipinski definition) is 2. The molecule has 1 fully saturated rings. The molecule has 0 saturated carbocycles. The van der Waals surface area contributed by atoms with Gasteiger partial charge in [0.2, 0.25) is 5.91 Å². The molecule has 2 N–H and O–H groups in total. The first kappa shape index (κ1) is 14.5. The van der Waals surface area contributed by atoms with Crippen LogP contribution in [0.4, 0.5) is 0 Å². The fourth-order valence-corrected chi connectivity index (χ4v) is 2.44. The van der Waals surface area contributed by atoms with E-state index < -0.39 is 5.97 Å². The topological polar surface area (TPSA) is 69.6 Å². The maximum absolute atomic E-state index is 12.0. The van der Waals surface area contributed by atoms with Crippen LogP contribution in [0.1, 0.15) is 35.2 Å². The number of carbonyl (C=O) groups excluding carboxylic acids is 1. The van der Waals surface area contributed by atoms with Crippen molar-refractivity contribution in [3.05, 3.63) is 35.4 Å². The van der Waals surface area contributed by atoms with Crippen molar-refractivity contribution >= 4 is 11.9 Å². The van der Waals surface area contributed by atoms with Gasteiger partial charge in [0.25, 0.3) is 0 Å². The number of hydrogen-bond acceptors (Lipinski definition) is 3. The number of carbonyl (C=O) groups is 2. The lowest BCUT2D eigenvalue weighted by molar-refractivity contribution is -0.131. The molecule has 5 nitrogen and oxygen atoms in total. The van der Waals surface area contributed by atoms with Gasteiger partial charge in [-0.3, -0.25) is 4.79 Å². The van der Waals surface area contributed by atoms with Crippen molar-refractivity contribution < 1.29 is 14.7 Å². The van der Waals surface area contributed by atoms with Crippen LogP contribution in [0, 0.1) is 0 Å². The first-order valence-corrected chi connectivity index (χ1v) is 6.98. The molecule has 1 aliphatic heterocycles. The molecule has 2 rings (SSSR count). The molecule has 0 bridgehead atoms. The van der Waals surface area contributed by atoms with Crippen LogP contribution in [0.25, 0.3) is 0 Å². The Bertz CT molecular complexity index is 482. The summed E-state index contributed by atoms with van der Waals surface area (Å²) in [6, 6.07) is 6.84. The molecule has 1 saturated heterocycles. The quantitative estimate of drug-likeness (QED) is 0.855. The predicted molar refractivity (Wildman–Crippen MR) is 75.5 cm³/mol. The highest BCUT2D eigenvalue weighted by Gasteiger charge is 2.16. The van der Waals surface area contributed by atoms with E-state index in [1.165, 1.54) is 6.42 Å². The molecule has 0 aliphatic carbocycles. The van der Waals surface area contributed by atoms with Gasteiger partial charge in [0.15, 0.2) is 0 Å². The third-order valence-corrected chi connectivity index (χ3v) is 3.55. The van der Waals surface area contributed by atoms with Crippen LogP contribution >= 0.6 is 0 Å². The third-order valence-electron chi connectivity index (χ3n) is 3.55. The van der Waals surface area contributed by atoms with Crippen molar-refractivity contribution in [2.24, 2.45) is 0 Å². The van der Waals surface area contributed by atoms with Crippen LogP contribution in [0.2, 0.25) is 0 Å². The molecular formula is C15H20N2O3. The van der Waals surface area contributed by atoms with Crippen LogP contribution in [-0.2, 0) is 11.3 Å². The smallest absolute Gasteiger partial charge is 0.336 e. The van der Waals surface area contributed by atoms with E-state index in [1.54, 1.807) is 24.3 Å². The minimum atomic E-state index is -0.940. The van der Waals surface area contributed by atoms with Crippen molar-refractivity contribution in [2.75, 3.05) is 19.6 Å². The molecule has 1 aromatic rings. The van der Waals surface area contributed by atoms with Gasteiger partial charge in [-0.05, 0) is 30.9 Å². The summed E-state index contributed by atoms with van der Waals surface area (Å²) in [7, 11) is 0. The van der Waals surface area contributed by atoms with Gasteiger partial charge < -0.3 is 15.3 Å². The molecule has 1 amide bonds. The average molecular weight is 276 g/mol. The largest absolute Gasteiger partial charge is 0.478 e. The summed E-state index contributed by atoms with van der Waals surface area (Å²) >= 11 is 0. The molecule has 20 heavy (non-hydrogen) atoms. The number of amides is 1. The van der Waals surface area contributed by atoms with Crippen molar-refractivity contribution in [3.63, 3.8) is 0 Å². The van der Waals surface area contributed by atoms with Crippen LogP contribution in [-0.4, -0.2) is 41.5 Å². The second-order valence-corrected chi connectivity index (χ2v) is 5.01. The zero-order chi connectivity index (χ0) is 14.4. The molecule has 1 aromatic carbocycles. The maximum Gasteiger partial charge on any atom is 0.336 e. The summed E-state index contributed by atoms with van der Waals surface area (Å²) in [6.07, 6.45) is 3.35. The Kier molecular flexibility index (Phi) is 5.12. The number of rotatable bonds is 5. The van der Waals surface area contributed by atoms with Gasteiger partial charge in [-0.15, -0.1) is 0 Å². The van der Waals surface area contributed by atoms with E-state index in [2.05, 4.69) is 5.32 Å². The highest BCUT2D eigenvalue weighted by atomic mass is 16.4. The molecule has 1 heterocycles. The monoisotopic (exact) mass is 276 g/mol. The van der Waals surface area contributed by atoms with E-state index in [4.69, 9.17) is 5.11 Å². The summed E-state index contributed by atoms with van der Waals surface area (Å²) in [5, 5.41) is 12.1. The number of carboxylic acid groups (broad SMARTS) is 1. The Labute approximate surface area is 118 Å². The van der Waals surface area contributed by atoms with Crippen LogP contribution in [0.5, 0.6) is 0 Å². The molecule has 0 atom stereocenters. The first-order chi connectivity index (χ1) is 9.68. The number of aromatic carboxylic acids is 1. The molecule has 0 unspecified atom stereocenters. The number of benzene rings is 1. The fourth-order valence-electron chi connectivity index (χ4n) is 2.44. The number of piperidine rings is 1. The predicted octanol–water partition coefficient (Wildman–Crippen LogP) is 1.49. The fraction of sp³-hybridized carbons (Fsp3) is 0.467. The van der Waals surface area contributed by atoms with E-state index in [0.29, 0.717) is 12.1 Å². The van der Waals surface area contributed by atoms with Gasteiger partial charge in [0, 0.05) is 19.6 Å². The zero-order valence-corrected chi connectivity index (χ0v) is 11.5. The highest BCUT2D eigenvalue weighted by Crippen LogP contribution is 2.10. The number of nitrogens with one attached hydrogen (secondary N) is 1. The van der Waals surface area contributed by atoms with E-state index in [-0.39, 0.29) is 18.0 Å². The van der Waals surface area contributed by atoms with Gasteiger partial charge in [-0.1, -0.05) is 18.2 Å². The Morgan fingerprint density at radius 1 is 1.15 bits per heavy atom. The van der Waals surface area contributed by atoms with Crippen molar-refractivity contribution in [2.45, 2.75) is 25.8 Å². The minimum absolute atomic E-state index is 0.0949. The Morgan fingerprint density at radius 2 is 1.85 bits per heavy atom. The average Bonchev–Trinajstić information content (AvgIpc) is 2.48. The Balaban J connectivity index is 1.83. The number of nitrogens with zero attached hydrogens (tertiary/aromatic N) is 1. The summed E-state index contributed by atoms with van der Waals surface area (Å²) in [5.41, 5.74) is 0.983. The first-order valence-electron chi connectivity index (χ1n) is 6.98. The number of likely N-dealkylation sites (tertiary alicyclic amines) is 1. The van der Waals surface area contributed by atoms with Gasteiger partial charge in [0.05, 0.1) is 12.1 Å². The summed E-state index contributed by atoms with van der Waals surface area (Å²) in [6.45, 7) is 2.33. The van der Waals surface area contributed by atoms with E-state index in [1.807, 2.05) is 4.90 Å². The van der Waals surface area contributed by atoms with Gasteiger partial charge in [-0.2, -0.15) is 0 Å². The SMILES string of the molecule is O=C(O)c1ccccc1CNCC(=O)N1CCCCC1. The standard InChI is InChI=1S/C15H20N2O3/c18-14(17-8-4-1-5-9-17)11-16-10-12-6-2-3-7-13(12)15(19)20/h2-3,6-7,16H,1,4-5,8-11H2,(H,19,20). The molecular weight excluding hydrogens is 256 g/mol. The van der Waals surface area contributed by atoms with E-state index >= 15 is 0 Å². The van der Waals surface area contributed by atoms with Crippen molar-refractivity contribution in [1.29, 1.82) is 0 Å². The van der Waals surface area contributed by atoms with Crippen molar-refractivity contribution in [1.82, 2.24) is 10.2 Å². The molecule has 108 valence electrons. The summed E-state index contributed by atoms with van der Waals surface area (Å²) in [5.74, 6) is -0.845. The molecule has 0 radical (unpaired) electrons. The molecule has 0 spiro atoms. The van der Waals surface area contributed by atoms with Crippen molar-refractivity contribution in [3.8, 4) is 0 Å². The van der Waals surface area contributed by atoms with Crippen LogP contribution in [0.3, 0.4) is 0 Å². The Hall–Kier alpha value is -1.88. The van der Waals surface area contributed by atoms with Gasteiger partial charge >= 0.3 is 5.97 Å². The normalized spacial score (nSPS) is 15.1.